The third kappa shape index (κ3) is 7.21. The lowest BCUT2D eigenvalue weighted by Gasteiger charge is -2.28. The lowest BCUT2D eigenvalue weighted by atomic mass is 9.99. The molecule has 4 atom stereocenters. The molecule has 60 heavy (non-hydrogen) atoms. The lowest BCUT2D eigenvalue weighted by Crippen LogP contribution is -2.43. The first-order valence-corrected chi connectivity index (χ1v) is 20.9. The predicted octanol–water partition coefficient (Wildman–Crippen LogP) is 8.36. The van der Waals surface area contributed by atoms with Crippen LogP contribution in [0.2, 0.25) is 0 Å². The zero-order chi connectivity index (χ0) is 41.0. The Morgan fingerprint density at radius 2 is 1.35 bits per heavy atom. The fourth-order valence-corrected chi connectivity index (χ4v) is 9.35. The Bertz CT molecular complexity index is 2650. The molecular weight excluding hydrogens is 751 g/mol. The van der Waals surface area contributed by atoms with Crippen LogP contribution in [0.4, 0.5) is 4.79 Å². The van der Waals surface area contributed by atoms with Gasteiger partial charge in [0.1, 0.15) is 17.7 Å². The van der Waals surface area contributed by atoms with Crippen LogP contribution >= 0.6 is 0 Å². The van der Waals surface area contributed by atoms with E-state index < -0.39 is 12.1 Å². The molecule has 11 heteroatoms. The second-order valence-corrected chi connectivity index (χ2v) is 17.3. The summed E-state index contributed by atoms with van der Waals surface area (Å²) < 4.78 is 4.88. The molecule has 2 aliphatic carbocycles. The zero-order valence-corrected chi connectivity index (χ0v) is 33.8. The molecule has 2 aromatic heterocycles. The maximum atomic E-state index is 14.2. The van der Waals surface area contributed by atoms with Gasteiger partial charge in [0.25, 0.3) is 5.91 Å². The number of fused-ring (bicyclic) bond motifs is 1. The van der Waals surface area contributed by atoms with Gasteiger partial charge in [-0.2, -0.15) is 0 Å². The Hall–Kier alpha value is -6.67. The predicted molar refractivity (Wildman–Crippen MR) is 227 cm³/mol. The van der Waals surface area contributed by atoms with Gasteiger partial charge in [-0.25, -0.2) is 14.8 Å². The standard InChI is InChI=1S/C49H47N7O4/c1-31(34-9-5-3-6-10-34)45(57)55-29-49(23-24-49)27-41(55)44-51-37-20-17-33(25-38(37)52-44)14-13-32-15-18-35(19-16-32)39-28-50-43(53-39)40-26-48(21-22-48)30-56(40)46(58)42(54-47(59)60-2)36-11-7-4-8-12-36/h3-12,15-20,25,28,31,40-42H,21-24,26-27,29-30H2,1-2H3,(H,50,53)(H,51,52)(H,54,59)/t31-,40+,41+,42-/m1/s1. The first-order valence-electron chi connectivity index (χ1n) is 20.9. The number of aromatic nitrogens is 4. The third-order valence-corrected chi connectivity index (χ3v) is 13.3. The van der Waals surface area contributed by atoms with Crippen LogP contribution in [-0.2, 0) is 14.3 Å². The number of alkyl carbamates (subject to hydrolysis) is 1. The number of amides is 3. The van der Waals surface area contributed by atoms with Crippen molar-refractivity contribution in [2.45, 2.75) is 69.5 Å². The smallest absolute Gasteiger partial charge is 0.407 e. The van der Waals surface area contributed by atoms with Crippen molar-refractivity contribution in [3.05, 3.63) is 143 Å². The first kappa shape index (κ1) is 37.6. The van der Waals surface area contributed by atoms with Crippen molar-refractivity contribution in [3.63, 3.8) is 0 Å². The molecule has 2 saturated heterocycles. The SMILES string of the molecule is COC(=O)N[C@@H](C(=O)N1CC2(CC2)C[C@H]1c1ncc(-c2ccc(C#Cc3ccc4nc([C@@H]5CC6(CC6)CN5C(=O)[C@H](C)c5ccccc5)[nH]c4c3)cc2)[nH]1)c1ccccc1. The number of nitrogens with zero attached hydrogens (tertiary/aromatic N) is 4. The molecule has 10 rings (SSSR count). The normalized spacial score (nSPS) is 20.4. The van der Waals surface area contributed by atoms with Gasteiger partial charge in [0.2, 0.25) is 5.91 Å². The number of imidazole rings is 2. The molecule has 4 heterocycles. The van der Waals surface area contributed by atoms with Gasteiger partial charge in [-0.3, -0.25) is 9.59 Å². The molecule has 0 radical (unpaired) electrons. The monoisotopic (exact) mass is 797 g/mol. The van der Waals surface area contributed by atoms with E-state index in [1.165, 1.54) is 7.11 Å². The highest BCUT2D eigenvalue weighted by Gasteiger charge is 2.56. The van der Waals surface area contributed by atoms with Gasteiger partial charge >= 0.3 is 6.09 Å². The number of likely N-dealkylation sites (tertiary alicyclic amines) is 2. The Balaban J connectivity index is 0.836. The number of aromatic amines is 2. The van der Waals surface area contributed by atoms with E-state index in [-0.39, 0.29) is 40.6 Å². The summed E-state index contributed by atoms with van der Waals surface area (Å²) in [6, 6.07) is 32.2. The van der Waals surface area contributed by atoms with Crippen molar-refractivity contribution in [2.75, 3.05) is 20.2 Å². The molecule has 4 aromatic carbocycles. The van der Waals surface area contributed by atoms with E-state index in [0.717, 1.165) is 95.7 Å². The number of methoxy groups -OCH3 is 1. The molecular formula is C49H47N7O4. The number of hydrogen-bond donors (Lipinski definition) is 3. The van der Waals surface area contributed by atoms with E-state index in [4.69, 9.17) is 14.7 Å². The van der Waals surface area contributed by atoms with Gasteiger partial charge in [0, 0.05) is 24.2 Å². The fraction of sp³-hybridized carbons (Fsp3) is 0.327. The maximum absolute atomic E-state index is 14.2. The molecule has 0 bridgehead atoms. The third-order valence-electron chi connectivity index (χ3n) is 13.3. The number of carbonyl (C=O) groups excluding carboxylic acids is 3. The maximum Gasteiger partial charge on any atom is 0.407 e. The van der Waals surface area contributed by atoms with E-state index in [1.807, 2.05) is 121 Å². The van der Waals surface area contributed by atoms with Gasteiger partial charge in [-0.15, -0.1) is 0 Å². The van der Waals surface area contributed by atoms with E-state index in [0.29, 0.717) is 12.1 Å². The van der Waals surface area contributed by atoms with E-state index in [2.05, 4.69) is 32.0 Å². The number of nitrogens with one attached hydrogen (secondary N) is 3. The Morgan fingerprint density at radius 1 is 0.750 bits per heavy atom. The van der Waals surface area contributed by atoms with Crippen molar-refractivity contribution in [2.24, 2.45) is 10.8 Å². The number of benzene rings is 4. The summed E-state index contributed by atoms with van der Waals surface area (Å²) in [5.74, 6) is 7.98. The van der Waals surface area contributed by atoms with Crippen molar-refractivity contribution in [3.8, 4) is 23.1 Å². The fourth-order valence-electron chi connectivity index (χ4n) is 9.35. The summed E-state index contributed by atoms with van der Waals surface area (Å²) in [7, 11) is 1.30. The largest absolute Gasteiger partial charge is 0.453 e. The van der Waals surface area contributed by atoms with Crippen molar-refractivity contribution >= 4 is 28.9 Å². The molecule has 4 aliphatic rings. The Kier molecular flexibility index (Phi) is 9.31. The average molecular weight is 798 g/mol. The minimum absolute atomic E-state index is 0.0747. The van der Waals surface area contributed by atoms with Crippen LogP contribution in [0.3, 0.4) is 0 Å². The highest BCUT2D eigenvalue weighted by molar-refractivity contribution is 5.88. The van der Waals surface area contributed by atoms with Crippen LogP contribution in [0, 0.1) is 22.7 Å². The molecule has 4 fully saturated rings. The summed E-state index contributed by atoms with van der Waals surface area (Å²) >= 11 is 0. The molecule has 0 unspecified atom stereocenters. The summed E-state index contributed by atoms with van der Waals surface area (Å²) in [6.07, 6.45) is 7.38. The summed E-state index contributed by atoms with van der Waals surface area (Å²) in [4.78, 5) is 61.2. The quantitative estimate of drug-likeness (QED) is 0.133. The number of carbonyl (C=O) groups is 3. The molecule has 3 amide bonds. The Morgan fingerprint density at radius 3 is 2.00 bits per heavy atom. The van der Waals surface area contributed by atoms with Crippen LogP contribution in [0.15, 0.2) is 109 Å². The van der Waals surface area contributed by atoms with Crippen LogP contribution < -0.4 is 5.32 Å². The number of hydrogen-bond acceptors (Lipinski definition) is 6. The molecule has 3 N–H and O–H groups in total. The van der Waals surface area contributed by atoms with Crippen LogP contribution in [0.25, 0.3) is 22.3 Å². The Labute approximate surface area is 349 Å². The molecule has 2 saturated carbocycles. The number of H-pyrrole nitrogens is 2. The van der Waals surface area contributed by atoms with Gasteiger partial charge in [0.15, 0.2) is 0 Å². The van der Waals surface area contributed by atoms with Gasteiger partial charge < -0.3 is 29.8 Å². The van der Waals surface area contributed by atoms with E-state index in [9.17, 15) is 14.4 Å². The lowest BCUT2D eigenvalue weighted by molar-refractivity contribution is -0.135. The van der Waals surface area contributed by atoms with Gasteiger partial charge in [-0.1, -0.05) is 84.6 Å². The molecule has 6 aromatic rings. The van der Waals surface area contributed by atoms with Crippen molar-refractivity contribution in [1.82, 2.24) is 35.1 Å². The molecule has 2 spiro atoms. The summed E-state index contributed by atoms with van der Waals surface area (Å²) in [6.45, 7) is 3.41. The average Bonchev–Trinajstić information content (AvgIpc) is 3.90. The molecule has 2 aliphatic heterocycles. The second-order valence-electron chi connectivity index (χ2n) is 17.3. The molecule has 11 nitrogen and oxygen atoms in total. The van der Waals surface area contributed by atoms with E-state index in [1.54, 1.807) is 0 Å². The zero-order valence-electron chi connectivity index (χ0n) is 33.8. The van der Waals surface area contributed by atoms with Crippen molar-refractivity contribution in [1.29, 1.82) is 0 Å². The van der Waals surface area contributed by atoms with Crippen LogP contribution in [0.1, 0.15) is 103 Å². The summed E-state index contributed by atoms with van der Waals surface area (Å²) in [5, 5.41) is 2.76. The van der Waals surface area contributed by atoms with Gasteiger partial charge in [-0.05, 0) is 103 Å². The molecule has 302 valence electrons. The number of ether oxygens (including phenoxy) is 1. The van der Waals surface area contributed by atoms with Crippen molar-refractivity contribution < 1.29 is 19.1 Å². The number of rotatable bonds is 8. The highest BCUT2D eigenvalue weighted by atomic mass is 16.5. The van der Waals surface area contributed by atoms with Gasteiger partial charge in [0.05, 0.1) is 48.0 Å². The van der Waals surface area contributed by atoms with Crippen LogP contribution in [0.5, 0.6) is 0 Å². The first-order chi connectivity index (χ1) is 29.2. The summed E-state index contributed by atoms with van der Waals surface area (Å²) in [5.41, 5.74) is 7.38. The highest BCUT2D eigenvalue weighted by Crippen LogP contribution is 2.59. The van der Waals surface area contributed by atoms with Crippen LogP contribution in [-0.4, -0.2) is 67.8 Å². The second kappa shape index (κ2) is 14.9. The van der Waals surface area contributed by atoms with E-state index >= 15 is 0 Å². The minimum atomic E-state index is -0.874. The topological polar surface area (TPSA) is 136 Å². The minimum Gasteiger partial charge on any atom is -0.453 e.